The predicted octanol–water partition coefficient (Wildman–Crippen LogP) is 3.91. The molecule has 7 nitrogen and oxygen atoms in total. The van der Waals surface area contributed by atoms with E-state index in [1.807, 2.05) is 4.90 Å². The quantitative estimate of drug-likeness (QED) is 0.637. The first-order valence-electron chi connectivity index (χ1n) is 11.5. The van der Waals surface area contributed by atoms with Crippen molar-refractivity contribution >= 4 is 11.6 Å². The van der Waals surface area contributed by atoms with Crippen molar-refractivity contribution < 1.29 is 9.13 Å². The Morgan fingerprint density at radius 2 is 1.94 bits per heavy atom. The molecule has 1 aliphatic heterocycles. The highest BCUT2D eigenvalue weighted by Crippen LogP contribution is 2.28. The molecule has 1 unspecified atom stereocenters. The standard InChI is InChI=1S/C25H28FN5O2/c1-30-24(32)14-22(20-10-11-27-15-21(20)26)29-25(30)31-12-13-33-23(16-31)17-6-8-19(9-7-17)28-18-4-2-3-5-18/h6-11,14-15,18,23,28H,2-5,12-13,16H2,1H3. The van der Waals surface area contributed by atoms with Gasteiger partial charge in [-0.2, -0.15) is 0 Å². The van der Waals surface area contributed by atoms with Crippen molar-refractivity contribution in [2.45, 2.75) is 37.8 Å². The van der Waals surface area contributed by atoms with E-state index < -0.39 is 5.82 Å². The van der Waals surface area contributed by atoms with Crippen molar-refractivity contribution in [3.05, 3.63) is 70.5 Å². The summed E-state index contributed by atoms with van der Waals surface area (Å²) >= 11 is 0. The second-order valence-electron chi connectivity index (χ2n) is 8.75. The molecular formula is C25H28FN5O2. The minimum Gasteiger partial charge on any atom is -0.382 e. The van der Waals surface area contributed by atoms with Gasteiger partial charge in [0.15, 0.2) is 5.82 Å². The summed E-state index contributed by atoms with van der Waals surface area (Å²) in [5.74, 6) is -0.00288. The Morgan fingerprint density at radius 1 is 1.15 bits per heavy atom. The second-order valence-corrected chi connectivity index (χ2v) is 8.75. The highest BCUT2D eigenvalue weighted by atomic mass is 19.1. The van der Waals surface area contributed by atoms with Crippen LogP contribution in [0.15, 0.2) is 53.6 Å². The summed E-state index contributed by atoms with van der Waals surface area (Å²) < 4.78 is 21.8. The maximum absolute atomic E-state index is 14.3. The van der Waals surface area contributed by atoms with E-state index in [1.165, 1.54) is 48.6 Å². The number of hydrogen-bond acceptors (Lipinski definition) is 6. The van der Waals surface area contributed by atoms with E-state index in [0.717, 1.165) is 17.4 Å². The van der Waals surface area contributed by atoms with Crippen LogP contribution in [0.4, 0.5) is 16.0 Å². The van der Waals surface area contributed by atoms with Crippen LogP contribution in [0.2, 0.25) is 0 Å². The lowest BCUT2D eigenvalue weighted by Gasteiger charge is -2.34. The third-order valence-corrected chi connectivity index (χ3v) is 6.52. The third kappa shape index (κ3) is 4.61. The Labute approximate surface area is 192 Å². The largest absolute Gasteiger partial charge is 0.382 e. The van der Waals surface area contributed by atoms with E-state index in [4.69, 9.17) is 4.74 Å². The SMILES string of the molecule is Cn1c(N2CCOC(c3ccc(NC4CCCC4)cc3)C2)nc(-c2ccncc2F)cc1=O. The molecule has 2 aromatic heterocycles. The molecule has 0 amide bonds. The van der Waals surface area contributed by atoms with Crippen LogP contribution in [0, 0.1) is 5.82 Å². The summed E-state index contributed by atoms with van der Waals surface area (Å²) in [5, 5.41) is 3.61. The molecule has 8 heteroatoms. The fourth-order valence-electron chi connectivity index (χ4n) is 4.66. The van der Waals surface area contributed by atoms with Crippen molar-refractivity contribution in [1.82, 2.24) is 14.5 Å². The van der Waals surface area contributed by atoms with Gasteiger partial charge in [-0.05, 0) is 36.6 Å². The number of nitrogens with zero attached hydrogens (tertiary/aromatic N) is 4. The molecule has 33 heavy (non-hydrogen) atoms. The number of morpholine rings is 1. The van der Waals surface area contributed by atoms with Gasteiger partial charge in [0, 0.05) is 43.1 Å². The molecule has 1 atom stereocenters. The van der Waals surface area contributed by atoms with Crippen molar-refractivity contribution in [3.8, 4) is 11.3 Å². The maximum atomic E-state index is 14.3. The molecule has 2 fully saturated rings. The molecule has 1 aliphatic carbocycles. The maximum Gasteiger partial charge on any atom is 0.255 e. The number of anilines is 2. The summed E-state index contributed by atoms with van der Waals surface area (Å²) in [5.41, 5.74) is 2.54. The molecule has 1 saturated heterocycles. The molecule has 3 heterocycles. The van der Waals surface area contributed by atoms with Gasteiger partial charge in [-0.15, -0.1) is 0 Å². The summed E-state index contributed by atoms with van der Waals surface area (Å²) in [7, 11) is 1.69. The zero-order chi connectivity index (χ0) is 22.8. The van der Waals surface area contributed by atoms with E-state index >= 15 is 0 Å². The third-order valence-electron chi connectivity index (χ3n) is 6.52. The van der Waals surface area contributed by atoms with Gasteiger partial charge in [-0.3, -0.25) is 14.3 Å². The number of halogens is 1. The second kappa shape index (κ2) is 9.31. The molecule has 1 saturated carbocycles. The van der Waals surface area contributed by atoms with Crippen LogP contribution >= 0.6 is 0 Å². The molecule has 5 rings (SSSR count). The Balaban J connectivity index is 1.36. The Kier molecular flexibility index (Phi) is 6.09. The first-order chi connectivity index (χ1) is 16.1. The van der Waals surface area contributed by atoms with Gasteiger partial charge >= 0.3 is 0 Å². The zero-order valence-electron chi connectivity index (χ0n) is 18.7. The number of nitrogens with one attached hydrogen (secondary N) is 1. The summed E-state index contributed by atoms with van der Waals surface area (Å²) in [6.07, 6.45) is 7.54. The van der Waals surface area contributed by atoms with Crippen LogP contribution in [0.5, 0.6) is 0 Å². The normalized spacial score (nSPS) is 19.1. The molecule has 0 bridgehead atoms. The first kappa shape index (κ1) is 21.6. The van der Waals surface area contributed by atoms with Crippen molar-refractivity contribution in [2.75, 3.05) is 29.9 Å². The molecule has 1 N–H and O–H groups in total. The highest BCUT2D eigenvalue weighted by Gasteiger charge is 2.25. The molecule has 1 aromatic carbocycles. The van der Waals surface area contributed by atoms with Gasteiger partial charge in [-0.1, -0.05) is 25.0 Å². The molecular weight excluding hydrogens is 421 g/mol. The average molecular weight is 450 g/mol. The minimum absolute atomic E-state index is 0.141. The van der Waals surface area contributed by atoms with Crippen LogP contribution in [0.3, 0.4) is 0 Å². The smallest absolute Gasteiger partial charge is 0.255 e. The molecule has 3 aromatic rings. The summed E-state index contributed by atoms with van der Waals surface area (Å²) in [4.78, 5) is 23.1. The van der Waals surface area contributed by atoms with Crippen molar-refractivity contribution in [1.29, 1.82) is 0 Å². The van der Waals surface area contributed by atoms with Gasteiger partial charge in [-0.25, -0.2) is 9.37 Å². The van der Waals surface area contributed by atoms with E-state index in [0.29, 0.717) is 37.4 Å². The van der Waals surface area contributed by atoms with Crippen LogP contribution in [0.25, 0.3) is 11.3 Å². The Morgan fingerprint density at radius 3 is 2.70 bits per heavy atom. The van der Waals surface area contributed by atoms with E-state index in [2.05, 4.69) is 39.6 Å². The monoisotopic (exact) mass is 449 g/mol. The van der Waals surface area contributed by atoms with Crippen molar-refractivity contribution in [3.63, 3.8) is 0 Å². The van der Waals surface area contributed by atoms with Crippen LogP contribution in [0.1, 0.15) is 37.4 Å². The summed E-state index contributed by atoms with van der Waals surface area (Å²) in [6.45, 7) is 1.66. The highest BCUT2D eigenvalue weighted by molar-refractivity contribution is 5.60. The van der Waals surface area contributed by atoms with Gasteiger partial charge in [0.25, 0.3) is 5.56 Å². The number of rotatable bonds is 5. The number of pyridine rings is 1. The van der Waals surface area contributed by atoms with Gasteiger partial charge in [0.2, 0.25) is 5.95 Å². The molecule has 172 valence electrons. The molecule has 0 radical (unpaired) electrons. The number of hydrogen-bond donors (Lipinski definition) is 1. The first-order valence-corrected chi connectivity index (χ1v) is 11.5. The lowest BCUT2D eigenvalue weighted by Crippen LogP contribution is -2.41. The van der Waals surface area contributed by atoms with Crippen LogP contribution in [-0.2, 0) is 11.8 Å². The zero-order valence-corrected chi connectivity index (χ0v) is 18.7. The fourth-order valence-corrected chi connectivity index (χ4v) is 4.66. The summed E-state index contributed by atoms with van der Waals surface area (Å²) in [6, 6.07) is 11.9. The fraction of sp³-hybridized carbons (Fsp3) is 0.400. The minimum atomic E-state index is -0.504. The van der Waals surface area contributed by atoms with Gasteiger partial charge in [0.1, 0.15) is 6.10 Å². The predicted molar refractivity (Wildman–Crippen MR) is 126 cm³/mol. The van der Waals surface area contributed by atoms with Gasteiger partial charge in [0.05, 0.1) is 25.0 Å². The van der Waals surface area contributed by atoms with Crippen molar-refractivity contribution in [2.24, 2.45) is 7.05 Å². The number of benzene rings is 1. The van der Waals surface area contributed by atoms with E-state index in [-0.39, 0.29) is 17.2 Å². The number of aromatic nitrogens is 3. The number of ether oxygens (including phenoxy) is 1. The lowest BCUT2D eigenvalue weighted by atomic mass is 10.1. The van der Waals surface area contributed by atoms with Gasteiger partial charge < -0.3 is 15.0 Å². The Hall–Kier alpha value is -3.26. The van der Waals surface area contributed by atoms with Crippen LogP contribution < -0.4 is 15.8 Å². The Bertz CT molecular complexity index is 1170. The van der Waals surface area contributed by atoms with E-state index in [1.54, 1.807) is 7.05 Å². The lowest BCUT2D eigenvalue weighted by molar-refractivity contribution is 0.0390. The van der Waals surface area contributed by atoms with E-state index in [9.17, 15) is 9.18 Å². The van der Waals surface area contributed by atoms with Crippen LogP contribution in [-0.4, -0.2) is 40.3 Å². The topological polar surface area (TPSA) is 72.3 Å². The molecule has 2 aliphatic rings. The molecule has 0 spiro atoms. The average Bonchev–Trinajstić information content (AvgIpc) is 3.35.